The number of nitrogens with zero attached hydrogens (tertiary/aromatic N) is 2. The molecule has 0 spiro atoms. The molecule has 1 saturated heterocycles. The number of ether oxygens (including phenoxy) is 2. The number of carbonyl (C=O) groups excluding carboxylic acids is 1. The number of pyridine rings is 1. The Morgan fingerprint density at radius 1 is 1.43 bits per heavy atom. The van der Waals surface area contributed by atoms with Crippen molar-refractivity contribution in [2.45, 2.75) is 38.9 Å². The van der Waals surface area contributed by atoms with E-state index in [0.29, 0.717) is 35.4 Å². The molecule has 1 aliphatic heterocycles. The first kappa shape index (κ1) is 16.2. The van der Waals surface area contributed by atoms with E-state index in [1.54, 1.807) is 11.0 Å². The van der Waals surface area contributed by atoms with Gasteiger partial charge in [-0.05, 0) is 26.8 Å². The molecule has 1 fully saturated rings. The molecule has 1 aromatic rings. The lowest BCUT2D eigenvalue weighted by atomic mass is 10.2. The summed E-state index contributed by atoms with van der Waals surface area (Å²) in [6, 6.07) is 1.58. The molecule has 21 heavy (non-hydrogen) atoms. The Kier molecular flexibility index (Phi) is 4.84. The van der Waals surface area contributed by atoms with Crippen molar-refractivity contribution in [2.24, 2.45) is 0 Å². The Bertz CT molecular complexity index is 531. The molecular weight excluding hydrogens is 315 g/mol. The van der Waals surface area contributed by atoms with Crippen molar-refractivity contribution < 1.29 is 14.3 Å². The lowest BCUT2D eigenvalue weighted by Crippen LogP contribution is -2.36. The van der Waals surface area contributed by atoms with E-state index in [2.05, 4.69) is 4.98 Å². The van der Waals surface area contributed by atoms with Crippen LogP contribution in [0, 0.1) is 0 Å². The molecule has 0 saturated carbocycles. The standard InChI is InChI=1S/C14H18Cl2N2O3/c1-14(2,3)21-13(19)18-5-4-10(8-18)20-12-11(16)6-9(15)7-17-12/h6-7,10H,4-5,8H2,1-3H3. The Morgan fingerprint density at radius 3 is 2.76 bits per heavy atom. The molecule has 116 valence electrons. The van der Waals surface area contributed by atoms with Crippen LogP contribution in [0.25, 0.3) is 0 Å². The second-order valence-corrected chi connectivity index (χ2v) is 6.74. The second-order valence-electron chi connectivity index (χ2n) is 5.90. The van der Waals surface area contributed by atoms with Crippen LogP contribution >= 0.6 is 23.2 Å². The molecule has 0 bridgehead atoms. The van der Waals surface area contributed by atoms with Gasteiger partial charge in [-0.2, -0.15) is 0 Å². The zero-order valence-electron chi connectivity index (χ0n) is 12.2. The molecule has 5 nitrogen and oxygen atoms in total. The quantitative estimate of drug-likeness (QED) is 0.827. The fraction of sp³-hybridized carbons (Fsp3) is 0.571. The van der Waals surface area contributed by atoms with Gasteiger partial charge >= 0.3 is 6.09 Å². The Balaban J connectivity index is 1.92. The van der Waals surface area contributed by atoms with Crippen LogP contribution in [-0.2, 0) is 4.74 Å². The summed E-state index contributed by atoms with van der Waals surface area (Å²) in [6.45, 7) is 6.56. The van der Waals surface area contributed by atoms with Gasteiger partial charge in [0, 0.05) is 19.2 Å². The van der Waals surface area contributed by atoms with Crippen LogP contribution in [0.15, 0.2) is 12.3 Å². The average molecular weight is 333 g/mol. The number of hydrogen-bond donors (Lipinski definition) is 0. The Labute approximate surface area is 134 Å². The zero-order chi connectivity index (χ0) is 15.6. The highest BCUT2D eigenvalue weighted by Gasteiger charge is 2.31. The van der Waals surface area contributed by atoms with E-state index in [4.69, 9.17) is 32.7 Å². The van der Waals surface area contributed by atoms with Gasteiger partial charge in [-0.3, -0.25) is 0 Å². The van der Waals surface area contributed by atoms with Crippen LogP contribution in [0.4, 0.5) is 4.79 Å². The highest BCUT2D eigenvalue weighted by molar-refractivity contribution is 6.35. The van der Waals surface area contributed by atoms with Crippen LogP contribution in [-0.4, -0.2) is 40.8 Å². The summed E-state index contributed by atoms with van der Waals surface area (Å²) in [5, 5.41) is 0.812. The van der Waals surface area contributed by atoms with Crippen LogP contribution in [0.1, 0.15) is 27.2 Å². The van der Waals surface area contributed by atoms with E-state index in [-0.39, 0.29) is 12.2 Å². The monoisotopic (exact) mass is 332 g/mol. The van der Waals surface area contributed by atoms with E-state index in [9.17, 15) is 4.79 Å². The topological polar surface area (TPSA) is 51.7 Å². The first-order valence-electron chi connectivity index (χ1n) is 6.70. The minimum absolute atomic E-state index is 0.149. The van der Waals surface area contributed by atoms with Crippen molar-refractivity contribution in [1.29, 1.82) is 0 Å². The lowest BCUT2D eigenvalue weighted by Gasteiger charge is -2.24. The van der Waals surface area contributed by atoms with Crippen molar-refractivity contribution in [3.63, 3.8) is 0 Å². The van der Waals surface area contributed by atoms with Crippen LogP contribution < -0.4 is 4.74 Å². The van der Waals surface area contributed by atoms with Crippen molar-refractivity contribution in [3.8, 4) is 5.88 Å². The number of rotatable bonds is 2. The normalized spacial score (nSPS) is 18.7. The minimum atomic E-state index is -0.503. The maximum Gasteiger partial charge on any atom is 0.410 e. The summed E-state index contributed by atoms with van der Waals surface area (Å²) in [5.74, 6) is 0.331. The Hall–Kier alpha value is -1.20. The van der Waals surface area contributed by atoms with E-state index in [0.717, 1.165) is 0 Å². The molecule has 2 heterocycles. The third kappa shape index (κ3) is 4.64. The molecule has 1 aliphatic rings. The van der Waals surface area contributed by atoms with Crippen molar-refractivity contribution in [1.82, 2.24) is 9.88 Å². The maximum atomic E-state index is 12.0. The molecule has 7 heteroatoms. The molecule has 0 radical (unpaired) electrons. The van der Waals surface area contributed by atoms with Gasteiger partial charge in [0.05, 0.1) is 11.6 Å². The van der Waals surface area contributed by atoms with E-state index in [1.807, 2.05) is 20.8 Å². The third-order valence-corrected chi connectivity index (χ3v) is 3.33. The Morgan fingerprint density at radius 2 is 2.14 bits per heavy atom. The van der Waals surface area contributed by atoms with Crippen LogP contribution in [0.5, 0.6) is 5.88 Å². The maximum absolute atomic E-state index is 12.0. The molecule has 2 rings (SSSR count). The summed E-state index contributed by atoms with van der Waals surface area (Å²) < 4.78 is 11.1. The number of halogens is 2. The number of amides is 1. The molecule has 1 unspecified atom stereocenters. The smallest absolute Gasteiger partial charge is 0.410 e. The van der Waals surface area contributed by atoms with Gasteiger partial charge in [0.2, 0.25) is 5.88 Å². The zero-order valence-corrected chi connectivity index (χ0v) is 13.7. The van der Waals surface area contributed by atoms with E-state index in [1.165, 1.54) is 6.20 Å². The predicted octanol–water partition coefficient (Wildman–Crippen LogP) is 3.78. The summed E-state index contributed by atoms with van der Waals surface area (Å²) in [7, 11) is 0. The molecule has 1 atom stereocenters. The second kappa shape index (κ2) is 6.28. The lowest BCUT2D eigenvalue weighted by molar-refractivity contribution is 0.0275. The highest BCUT2D eigenvalue weighted by atomic mass is 35.5. The fourth-order valence-electron chi connectivity index (χ4n) is 1.96. The predicted molar refractivity (Wildman–Crippen MR) is 81.1 cm³/mol. The molecule has 1 amide bonds. The molecule has 0 aliphatic carbocycles. The minimum Gasteiger partial charge on any atom is -0.471 e. The van der Waals surface area contributed by atoms with Gasteiger partial charge in [-0.1, -0.05) is 23.2 Å². The first-order chi connectivity index (χ1) is 9.74. The van der Waals surface area contributed by atoms with Gasteiger partial charge < -0.3 is 14.4 Å². The number of likely N-dealkylation sites (tertiary alicyclic amines) is 1. The van der Waals surface area contributed by atoms with Crippen molar-refractivity contribution in [2.75, 3.05) is 13.1 Å². The van der Waals surface area contributed by atoms with Gasteiger partial charge in [0.1, 0.15) is 16.7 Å². The van der Waals surface area contributed by atoms with Gasteiger partial charge in [-0.25, -0.2) is 9.78 Å². The SMILES string of the molecule is CC(C)(C)OC(=O)N1CCC(Oc2ncc(Cl)cc2Cl)C1. The molecule has 0 aromatic carbocycles. The van der Waals surface area contributed by atoms with Crippen molar-refractivity contribution >= 4 is 29.3 Å². The fourth-order valence-corrected chi connectivity index (χ4v) is 2.39. The molecule has 1 aromatic heterocycles. The van der Waals surface area contributed by atoms with E-state index < -0.39 is 5.60 Å². The number of hydrogen-bond acceptors (Lipinski definition) is 4. The summed E-state index contributed by atoms with van der Waals surface area (Å²) in [5.41, 5.74) is -0.503. The number of carbonyl (C=O) groups is 1. The van der Waals surface area contributed by atoms with Gasteiger partial charge in [0.15, 0.2) is 0 Å². The summed E-state index contributed by atoms with van der Waals surface area (Å²) in [4.78, 5) is 17.6. The summed E-state index contributed by atoms with van der Waals surface area (Å²) >= 11 is 11.8. The largest absolute Gasteiger partial charge is 0.471 e. The van der Waals surface area contributed by atoms with Crippen LogP contribution in [0.2, 0.25) is 10.0 Å². The van der Waals surface area contributed by atoms with Gasteiger partial charge in [-0.15, -0.1) is 0 Å². The van der Waals surface area contributed by atoms with Gasteiger partial charge in [0.25, 0.3) is 0 Å². The van der Waals surface area contributed by atoms with E-state index >= 15 is 0 Å². The van der Waals surface area contributed by atoms with Crippen molar-refractivity contribution in [3.05, 3.63) is 22.3 Å². The molecule has 0 N–H and O–H groups in total. The number of aromatic nitrogens is 1. The first-order valence-corrected chi connectivity index (χ1v) is 7.46. The highest BCUT2D eigenvalue weighted by Crippen LogP contribution is 2.27. The van der Waals surface area contributed by atoms with Crippen LogP contribution in [0.3, 0.4) is 0 Å². The average Bonchev–Trinajstić information content (AvgIpc) is 2.79. The summed E-state index contributed by atoms with van der Waals surface area (Å²) in [6.07, 6.45) is 1.70. The third-order valence-electron chi connectivity index (χ3n) is 2.85. The molecular formula is C14H18Cl2N2O3.